The fourth-order valence-corrected chi connectivity index (χ4v) is 2.43. The van der Waals surface area contributed by atoms with Gasteiger partial charge in [0.25, 0.3) is 0 Å². The number of rotatable bonds is 4. The number of aliphatic hydroxyl groups excluding tert-OH is 1. The van der Waals surface area contributed by atoms with Gasteiger partial charge in [-0.1, -0.05) is 12.1 Å². The van der Waals surface area contributed by atoms with Crippen molar-refractivity contribution in [1.82, 2.24) is 9.78 Å². The lowest BCUT2D eigenvalue weighted by molar-refractivity contribution is 0.166. The largest absolute Gasteiger partial charge is 0.388 e. The molecule has 3 nitrogen and oxygen atoms in total. The van der Waals surface area contributed by atoms with E-state index in [1.165, 1.54) is 16.7 Å². The van der Waals surface area contributed by atoms with Crippen LogP contribution in [0.15, 0.2) is 24.4 Å². The van der Waals surface area contributed by atoms with E-state index in [0.29, 0.717) is 0 Å². The Morgan fingerprint density at radius 2 is 1.84 bits per heavy atom. The minimum Gasteiger partial charge on any atom is -0.388 e. The van der Waals surface area contributed by atoms with Crippen LogP contribution in [0.4, 0.5) is 0 Å². The molecule has 0 spiro atoms. The summed E-state index contributed by atoms with van der Waals surface area (Å²) in [6.07, 6.45) is 2.95. The SMILES string of the molecule is Cc1cc(C)c(C(O)CCc2ccnn2C)cc1C. The molecule has 0 bridgehead atoms. The van der Waals surface area contributed by atoms with E-state index >= 15 is 0 Å². The average molecular weight is 258 g/mol. The van der Waals surface area contributed by atoms with Crippen LogP contribution >= 0.6 is 0 Å². The van der Waals surface area contributed by atoms with Gasteiger partial charge >= 0.3 is 0 Å². The summed E-state index contributed by atoms with van der Waals surface area (Å²) in [7, 11) is 1.93. The van der Waals surface area contributed by atoms with E-state index in [1.807, 2.05) is 17.8 Å². The quantitative estimate of drug-likeness (QED) is 0.915. The second-order valence-electron chi connectivity index (χ2n) is 5.29. The fraction of sp³-hybridized carbons (Fsp3) is 0.438. The van der Waals surface area contributed by atoms with Crippen molar-refractivity contribution in [3.63, 3.8) is 0 Å². The maximum absolute atomic E-state index is 10.4. The summed E-state index contributed by atoms with van der Waals surface area (Å²) in [4.78, 5) is 0. The Labute approximate surface area is 114 Å². The molecule has 0 amide bonds. The van der Waals surface area contributed by atoms with Crippen LogP contribution in [0, 0.1) is 20.8 Å². The first-order chi connectivity index (χ1) is 8.99. The van der Waals surface area contributed by atoms with Gasteiger partial charge in [-0.2, -0.15) is 5.10 Å². The summed E-state index contributed by atoms with van der Waals surface area (Å²) in [5, 5.41) is 14.5. The molecule has 0 saturated heterocycles. The number of hydrogen-bond donors (Lipinski definition) is 1. The molecule has 3 heteroatoms. The van der Waals surface area contributed by atoms with Crippen molar-refractivity contribution in [1.29, 1.82) is 0 Å². The van der Waals surface area contributed by atoms with Crippen LogP contribution in [0.25, 0.3) is 0 Å². The predicted octanol–water partition coefficient (Wildman–Crippen LogP) is 3.01. The van der Waals surface area contributed by atoms with Gasteiger partial charge in [-0.15, -0.1) is 0 Å². The highest BCUT2D eigenvalue weighted by Gasteiger charge is 2.12. The molecule has 0 fully saturated rings. The molecule has 1 N–H and O–H groups in total. The highest BCUT2D eigenvalue weighted by Crippen LogP contribution is 2.25. The van der Waals surface area contributed by atoms with E-state index in [4.69, 9.17) is 0 Å². The van der Waals surface area contributed by atoms with Crippen LogP contribution < -0.4 is 0 Å². The molecule has 0 aliphatic carbocycles. The molecule has 19 heavy (non-hydrogen) atoms. The molecule has 1 aromatic heterocycles. The summed E-state index contributed by atoms with van der Waals surface area (Å²) >= 11 is 0. The van der Waals surface area contributed by atoms with E-state index in [2.05, 4.69) is 38.0 Å². The normalized spacial score (nSPS) is 12.7. The van der Waals surface area contributed by atoms with Crippen molar-refractivity contribution < 1.29 is 5.11 Å². The van der Waals surface area contributed by atoms with Crippen molar-refractivity contribution in [2.24, 2.45) is 7.05 Å². The van der Waals surface area contributed by atoms with Crippen molar-refractivity contribution in [3.8, 4) is 0 Å². The lowest BCUT2D eigenvalue weighted by Gasteiger charge is -2.16. The first-order valence-corrected chi connectivity index (χ1v) is 6.71. The van der Waals surface area contributed by atoms with E-state index in [-0.39, 0.29) is 0 Å². The Kier molecular flexibility index (Phi) is 4.05. The molecule has 1 aromatic carbocycles. The standard InChI is InChI=1S/C16H22N2O/c1-11-9-13(3)15(10-12(11)2)16(19)6-5-14-7-8-17-18(14)4/h7-10,16,19H,5-6H2,1-4H3. The van der Waals surface area contributed by atoms with Crippen LogP contribution in [0.3, 0.4) is 0 Å². The first kappa shape index (κ1) is 13.8. The molecule has 0 aliphatic heterocycles. The summed E-state index contributed by atoms with van der Waals surface area (Å²) in [6, 6.07) is 6.26. The minimum atomic E-state index is -0.408. The van der Waals surface area contributed by atoms with Crippen LogP contribution in [-0.2, 0) is 13.5 Å². The van der Waals surface area contributed by atoms with Gasteiger partial charge in [0.2, 0.25) is 0 Å². The molecule has 2 rings (SSSR count). The number of benzene rings is 1. The van der Waals surface area contributed by atoms with Crippen LogP contribution in [0.5, 0.6) is 0 Å². The average Bonchev–Trinajstić information content (AvgIpc) is 2.76. The Balaban J connectivity index is 2.10. The summed E-state index contributed by atoms with van der Waals surface area (Å²) in [5.41, 5.74) is 5.88. The highest BCUT2D eigenvalue weighted by molar-refractivity contribution is 5.37. The number of hydrogen-bond acceptors (Lipinski definition) is 2. The smallest absolute Gasteiger partial charge is 0.0796 e. The number of aromatic nitrogens is 2. The van der Waals surface area contributed by atoms with Gasteiger partial charge in [-0.25, -0.2) is 0 Å². The zero-order valence-corrected chi connectivity index (χ0v) is 12.1. The third-order valence-electron chi connectivity index (χ3n) is 3.84. The molecule has 0 saturated carbocycles. The van der Waals surface area contributed by atoms with E-state index in [1.54, 1.807) is 6.20 Å². The minimum absolute atomic E-state index is 0.408. The topological polar surface area (TPSA) is 38.1 Å². The Morgan fingerprint density at radius 1 is 1.16 bits per heavy atom. The first-order valence-electron chi connectivity index (χ1n) is 6.71. The summed E-state index contributed by atoms with van der Waals surface area (Å²) in [5.74, 6) is 0. The maximum Gasteiger partial charge on any atom is 0.0796 e. The van der Waals surface area contributed by atoms with Gasteiger partial charge in [0.1, 0.15) is 0 Å². The van der Waals surface area contributed by atoms with Crippen LogP contribution in [0.1, 0.15) is 40.5 Å². The monoisotopic (exact) mass is 258 g/mol. The number of nitrogens with zero attached hydrogens (tertiary/aromatic N) is 2. The fourth-order valence-electron chi connectivity index (χ4n) is 2.43. The molecule has 1 heterocycles. The third-order valence-corrected chi connectivity index (χ3v) is 3.84. The molecular weight excluding hydrogens is 236 g/mol. The van der Waals surface area contributed by atoms with Gasteiger partial charge in [-0.05, 0) is 61.9 Å². The third kappa shape index (κ3) is 3.04. The Morgan fingerprint density at radius 3 is 2.47 bits per heavy atom. The van der Waals surface area contributed by atoms with Gasteiger partial charge in [-0.3, -0.25) is 4.68 Å². The van der Waals surface area contributed by atoms with E-state index < -0.39 is 6.10 Å². The van der Waals surface area contributed by atoms with Gasteiger partial charge < -0.3 is 5.11 Å². The van der Waals surface area contributed by atoms with Crippen molar-refractivity contribution in [3.05, 3.63) is 52.3 Å². The number of aryl methyl sites for hydroxylation is 5. The summed E-state index contributed by atoms with van der Waals surface area (Å²) in [6.45, 7) is 6.26. The lowest BCUT2D eigenvalue weighted by Crippen LogP contribution is -2.05. The van der Waals surface area contributed by atoms with Crippen LogP contribution in [0.2, 0.25) is 0 Å². The van der Waals surface area contributed by atoms with Gasteiger partial charge in [0.15, 0.2) is 0 Å². The van der Waals surface area contributed by atoms with Crippen LogP contribution in [-0.4, -0.2) is 14.9 Å². The van der Waals surface area contributed by atoms with Crippen molar-refractivity contribution in [2.45, 2.75) is 39.7 Å². The molecule has 1 atom stereocenters. The van der Waals surface area contributed by atoms with E-state index in [0.717, 1.165) is 24.1 Å². The Hall–Kier alpha value is -1.61. The van der Waals surface area contributed by atoms with Gasteiger partial charge in [0.05, 0.1) is 6.10 Å². The summed E-state index contributed by atoms with van der Waals surface area (Å²) < 4.78 is 1.86. The van der Waals surface area contributed by atoms with Gasteiger partial charge in [0, 0.05) is 18.9 Å². The van der Waals surface area contributed by atoms with Crippen molar-refractivity contribution >= 4 is 0 Å². The number of aliphatic hydroxyl groups is 1. The zero-order chi connectivity index (χ0) is 14.0. The Bertz CT molecular complexity index is 572. The molecule has 102 valence electrons. The second-order valence-corrected chi connectivity index (χ2v) is 5.29. The van der Waals surface area contributed by atoms with Crippen molar-refractivity contribution in [2.75, 3.05) is 0 Å². The molecular formula is C16H22N2O. The molecule has 0 radical (unpaired) electrons. The highest BCUT2D eigenvalue weighted by atomic mass is 16.3. The predicted molar refractivity (Wildman–Crippen MR) is 77.1 cm³/mol. The molecule has 2 aromatic rings. The molecule has 1 unspecified atom stereocenters. The molecule has 0 aliphatic rings. The van der Waals surface area contributed by atoms with E-state index in [9.17, 15) is 5.11 Å². The maximum atomic E-state index is 10.4. The zero-order valence-electron chi connectivity index (χ0n) is 12.1. The lowest BCUT2D eigenvalue weighted by atomic mass is 9.95. The second kappa shape index (κ2) is 5.57.